The number of allylic oxidation sites excluding steroid dienone is 2. The average Bonchev–Trinajstić information content (AvgIpc) is 2.62. The van der Waals surface area contributed by atoms with Crippen LogP contribution < -0.4 is 0 Å². The van der Waals surface area contributed by atoms with Crippen LogP contribution in [0.4, 0.5) is 0 Å². The second-order valence-electron chi connectivity index (χ2n) is 6.78. The van der Waals surface area contributed by atoms with E-state index in [1.807, 2.05) is 6.92 Å². The highest BCUT2D eigenvalue weighted by Gasteiger charge is 2.13. The van der Waals surface area contributed by atoms with Crippen molar-refractivity contribution in [1.29, 1.82) is 0 Å². The summed E-state index contributed by atoms with van der Waals surface area (Å²) in [6.07, 6.45) is 16.3. The molecule has 1 heteroatoms. The molecule has 0 spiro atoms. The Kier molecular flexibility index (Phi) is 7.43. The van der Waals surface area contributed by atoms with Crippen molar-refractivity contribution in [1.82, 2.24) is 4.90 Å². The average molecular weight is 309 g/mol. The number of rotatable bonds is 7. The quantitative estimate of drug-likeness (QED) is 0.485. The van der Waals surface area contributed by atoms with E-state index in [0.29, 0.717) is 5.92 Å². The van der Waals surface area contributed by atoms with Crippen LogP contribution in [0.3, 0.4) is 0 Å². The molecular formula is C22H31N. The number of terminal acetylenes is 1. The maximum absolute atomic E-state index is 5.68. The van der Waals surface area contributed by atoms with Gasteiger partial charge >= 0.3 is 0 Å². The smallest absolute Gasteiger partial charge is 0.0484 e. The van der Waals surface area contributed by atoms with Crippen molar-refractivity contribution in [2.45, 2.75) is 57.8 Å². The minimum Gasteiger partial charge on any atom is -0.303 e. The third-order valence-electron chi connectivity index (χ3n) is 5.04. The largest absolute Gasteiger partial charge is 0.303 e. The summed E-state index contributed by atoms with van der Waals surface area (Å²) in [6.45, 7) is 8.20. The summed E-state index contributed by atoms with van der Waals surface area (Å²) in [5.41, 5.74) is 2.70. The number of nitrogens with zero attached hydrogens (tertiary/aromatic N) is 1. The Balaban J connectivity index is 1.88. The topological polar surface area (TPSA) is 3.24 Å². The molecular weight excluding hydrogens is 278 g/mol. The standard InChI is InChI=1S/C22H31N/c1-4-6-10-20(5-2)22-13-11-21(12-14-22)19(3)15-18-23-16-8-7-9-17-23/h2,4,6,11-14,19-20H,7-10,15-18H2,1,3H3/b6-4-. The summed E-state index contributed by atoms with van der Waals surface area (Å²) < 4.78 is 0. The van der Waals surface area contributed by atoms with Gasteiger partial charge in [0, 0.05) is 5.92 Å². The minimum absolute atomic E-state index is 0.198. The molecule has 0 N–H and O–H groups in total. The molecule has 1 aliphatic rings. The Labute approximate surface area is 142 Å². The van der Waals surface area contributed by atoms with Gasteiger partial charge in [-0.2, -0.15) is 0 Å². The normalized spacial score (nSPS) is 18.7. The first kappa shape index (κ1) is 17.8. The van der Waals surface area contributed by atoms with E-state index in [0.717, 1.165) is 6.42 Å². The van der Waals surface area contributed by atoms with E-state index < -0.39 is 0 Å². The lowest BCUT2D eigenvalue weighted by atomic mass is 9.91. The Morgan fingerprint density at radius 2 is 1.78 bits per heavy atom. The molecule has 23 heavy (non-hydrogen) atoms. The monoisotopic (exact) mass is 309 g/mol. The van der Waals surface area contributed by atoms with Gasteiger partial charge in [-0.05, 0) is 69.3 Å². The van der Waals surface area contributed by atoms with Gasteiger partial charge in [-0.3, -0.25) is 0 Å². The zero-order chi connectivity index (χ0) is 16.5. The summed E-state index contributed by atoms with van der Waals surface area (Å²) in [5, 5.41) is 0. The number of benzene rings is 1. The third-order valence-corrected chi connectivity index (χ3v) is 5.04. The molecule has 2 unspecified atom stereocenters. The summed E-state index contributed by atoms with van der Waals surface area (Å²) in [6, 6.07) is 8.99. The Hall–Kier alpha value is -1.52. The first-order chi connectivity index (χ1) is 11.2. The van der Waals surface area contributed by atoms with Gasteiger partial charge in [0.25, 0.3) is 0 Å². The van der Waals surface area contributed by atoms with Crippen LogP contribution in [0.5, 0.6) is 0 Å². The van der Waals surface area contributed by atoms with E-state index in [-0.39, 0.29) is 5.92 Å². The first-order valence-corrected chi connectivity index (χ1v) is 9.14. The van der Waals surface area contributed by atoms with Gasteiger partial charge in [0.2, 0.25) is 0 Å². The Morgan fingerprint density at radius 1 is 1.13 bits per heavy atom. The van der Waals surface area contributed by atoms with Crippen LogP contribution in [0.1, 0.15) is 68.9 Å². The first-order valence-electron chi connectivity index (χ1n) is 9.14. The van der Waals surface area contributed by atoms with Crippen LogP contribution in [0.2, 0.25) is 0 Å². The van der Waals surface area contributed by atoms with Gasteiger partial charge in [-0.15, -0.1) is 6.42 Å². The van der Waals surface area contributed by atoms with E-state index in [1.165, 1.54) is 56.4 Å². The molecule has 2 rings (SSSR count). The molecule has 0 radical (unpaired) electrons. The fourth-order valence-electron chi connectivity index (χ4n) is 3.36. The lowest BCUT2D eigenvalue weighted by Gasteiger charge is -2.27. The molecule has 1 nitrogen and oxygen atoms in total. The number of hydrogen-bond donors (Lipinski definition) is 0. The van der Waals surface area contributed by atoms with E-state index >= 15 is 0 Å². The fourth-order valence-corrected chi connectivity index (χ4v) is 3.36. The zero-order valence-corrected chi connectivity index (χ0v) is 14.8. The number of hydrogen-bond acceptors (Lipinski definition) is 1. The predicted octanol–water partition coefficient (Wildman–Crippen LogP) is 5.35. The fraction of sp³-hybridized carbons (Fsp3) is 0.545. The lowest BCUT2D eigenvalue weighted by molar-refractivity contribution is 0.222. The van der Waals surface area contributed by atoms with E-state index in [2.05, 4.69) is 54.2 Å². The molecule has 0 aliphatic carbocycles. The van der Waals surface area contributed by atoms with Crippen LogP contribution in [0.15, 0.2) is 36.4 Å². The lowest BCUT2D eigenvalue weighted by Crippen LogP contribution is -2.31. The molecule has 1 aliphatic heterocycles. The highest BCUT2D eigenvalue weighted by Crippen LogP contribution is 2.25. The molecule has 0 saturated carbocycles. The number of likely N-dealkylation sites (tertiary alicyclic amines) is 1. The Bertz CT molecular complexity index is 514. The van der Waals surface area contributed by atoms with Gasteiger partial charge in [0.15, 0.2) is 0 Å². The molecule has 1 fully saturated rings. The molecule has 1 aromatic rings. The van der Waals surface area contributed by atoms with Crippen molar-refractivity contribution in [3.63, 3.8) is 0 Å². The highest BCUT2D eigenvalue weighted by atomic mass is 15.1. The minimum atomic E-state index is 0.198. The van der Waals surface area contributed by atoms with Crippen LogP contribution in [0.25, 0.3) is 0 Å². The SMILES string of the molecule is C#CC(C/C=C\C)c1ccc(C(C)CCN2CCCCC2)cc1. The van der Waals surface area contributed by atoms with Gasteiger partial charge in [0.05, 0.1) is 0 Å². The molecule has 0 aromatic heterocycles. The van der Waals surface area contributed by atoms with Crippen molar-refractivity contribution in [3.8, 4) is 12.3 Å². The van der Waals surface area contributed by atoms with Crippen LogP contribution >= 0.6 is 0 Å². The van der Waals surface area contributed by atoms with Crippen LogP contribution in [0, 0.1) is 12.3 Å². The summed E-state index contributed by atoms with van der Waals surface area (Å²) in [7, 11) is 0. The second kappa shape index (κ2) is 9.58. The highest BCUT2D eigenvalue weighted by molar-refractivity contribution is 5.32. The maximum atomic E-state index is 5.68. The van der Waals surface area contributed by atoms with Crippen LogP contribution in [-0.4, -0.2) is 24.5 Å². The van der Waals surface area contributed by atoms with Crippen molar-refractivity contribution in [2.24, 2.45) is 0 Å². The molecule has 1 aromatic carbocycles. The summed E-state index contributed by atoms with van der Waals surface area (Å²) >= 11 is 0. The molecule has 1 heterocycles. The van der Waals surface area contributed by atoms with Crippen molar-refractivity contribution < 1.29 is 0 Å². The summed E-state index contributed by atoms with van der Waals surface area (Å²) in [5.74, 6) is 3.73. The molecule has 0 amide bonds. The van der Waals surface area contributed by atoms with Crippen molar-refractivity contribution >= 4 is 0 Å². The number of piperidine rings is 1. The summed E-state index contributed by atoms with van der Waals surface area (Å²) in [4.78, 5) is 2.62. The molecule has 2 atom stereocenters. The van der Waals surface area contributed by atoms with E-state index in [9.17, 15) is 0 Å². The molecule has 124 valence electrons. The zero-order valence-electron chi connectivity index (χ0n) is 14.8. The van der Waals surface area contributed by atoms with Gasteiger partial charge < -0.3 is 4.90 Å². The van der Waals surface area contributed by atoms with Crippen molar-refractivity contribution in [3.05, 3.63) is 47.5 Å². The van der Waals surface area contributed by atoms with Gasteiger partial charge in [-0.25, -0.2) is 0 Å². The van der Waals surface area contributed by atoms with E-state index in [4.69, 9.17) is 6.42 Å². The van der Waals surface area contributed by atoms with Gasteiger partial charge in [0.1, 0.15) is 0 Å². The molecule has 1 saturated heterocycles. The Morgan fingerprint density at radius 3 is 2.39 bits per heavy atom. The van der Waals surface area contributed by atoms with Crippen LogP contribution in [-0.2, 0) is 0 Å². The van der Waals surface area contributed by atoms with Gasteiger partial charge in [-0.1, -0.05) is 55.7 Å². The van der Waals surface area contributed by atoms with E-state index in [1.54, 1.807) is 0 Å². The van der Waals surface area contributed by atoms with Crippen molar-refractivity contribution in [2.75, 3.05) is 19.6 Å². The predicted molar refractivity (Wildman–Crippen MR) is 101 cm³/mol. The molecule has 0 bridgehead atoms. The second-order valence-corrected chi connectivity index (χ2v) is 6.78. The maximum Gasteiger partial charge on any atom is 0.0484 e. The third kappa shape index (κ3) is 5.56.